The highest BCUT2D eigenvalue weighted by molar-refractivity contribution is 8.14. The third-order valence-corrected chi connectivity index (χ3v) is 5.92. The van der Waals surface area contributed by atoms with E-state index in [0.29, 0.717) is 5.56 Å². The summed E-state index contributed by atoms with van der Waals surface area (Å²) >= 11 is 1.01. The first-order chi connectivity index (χ1) is 14.6. The third kappa shape index (κ3) is 5.08. The van der Waals surface area contributed by atoms with Crippen LogP contribution in [-0.4, -0.2) is 58.9 Å². The van der Waals surface area contributed by atoms with Gasteiger partial charge in [0.1, 0.15) is 0 Å². The maximum absolute atomic E-state index is 12.7. The highest BCUT2D eigenvalue weighted by atomic mass is 32.2. The van der Waals surface area contributed by atoms with Crippen LogP contribution in [0.3, 0.4) is 0 Å². The van der Waals surface area contributed by atoms with Gasteiger partial charge in [-0.25, -0.2) is 0 Å². The number of ether oxygens (including phenoxy) is 1. The Morgan fingerprint density at radius 2 is 1.73 bits per heavy atom. The molecule has 0 aliphatic carbocycles. The molecule has 2 aliphatic heterocycles. The van der Waals surface area contributed by atoms with Crippen molar-refractivity contribution in [1.82, 2.24) is 9.80 Å². The Balaban J connectivity index is 1.40. The lowest BCUT2D eigenvalue weighted by molar-refractivity contribution is -0.125. The van der Waals surface area contributed by atoms with Gasteiger partial charge in [0.05, 0.1) is 25.5 Å². The Labute approximate surface area is 179 Å². The molecule has 2 saturated heterocycles. The number of hydrogen-bond acceptors (Lipinski definition) is 6. The molecule has 0 aromatic heterocycles. The number of anilines is 1. The molecule has 0 spiro atoms. The average Bonchev–Trinajstić information content (AvgIpc) is 3.07. The highest BCUT2D eigenvalue weighted by Gasteiger charge is 2.29. The lowest BCUT2D eigenvalue weighted by atomic mass is 10.1. The van der Waals surface area contributed by atoms with E-state index in [1.807, 2.05) is 30.3 Å². The Bertz CT molecular complexity index is 943. The summed E-state index contributed by atoms with van der Waals surface area (Å²) < 4.78 is 5.39. The summed E-state index contributed by atoms with van der Waals surface area (Å²) in [6.45, 7) is 4.31. The monoisotopic (exact) mass is 425 g/mol. The Kier molecular flexibility index (Phi) is 6.47. The van der Waals surface area contributed by atoms with Crippen LogP contribution < -0.4 is 5.32 Å². The molecule has 0 atom stereocenters. The molecule has 2 aliphatic rings. The van der Waals surface area contributed by atoms with Crippen LogP contribution in [-0.2, 0) is 22.6 Å². The van der Waals surface area contributed by atoms with Gasteiger partial charge in [-0.15, -0.1) is 0 Å². The zero-order valence-corrected chi connectivity index (χ0v) is 17.3. The largest absolute Gasteiger partial charge is 0.379 e. The number of amides is 3. The fourth-order valence-corrected chi connectivity index (χ4v) is 4.22. The second-order valence-corrected chi connectivity index (χ2v) is 8.20. The molecule has 0 unspecified atom stereocenters. The molecule has 4 rings (SSSR count). The van der Waals surface area contributed by atoms with E-state index < -0.39 is 0 Å². The maximum atomic E-state index is 12.7. The summed E-state index contributed by atoms with van der Waals surface area (Å²) in [5, 5.41) is 2.70. The van der Waals surface area contributed by atoms with Crippen LogP contribution in [0.2, 0.25) is 0 Å². The molecule has 2 heterocycles. The summed E-state index contributed by atoms with van der Waals surface area (Å²) in [7, 11) is 0. The number of hydrogen-bond donors (Lipinski definition) is 1. The maximum Gasteiger partial charge on any atom is 0.289 e. The molecule has 0 radical (unpaired) electrons. The normalized spacial score (nSPS) is 17.4. The molecular weight excluding hydrogens is 402 g/mol. The summed E-state index contributed by atoms with van der Waals surface area (Å²) in [6, 6.07) is 14.8. The number of thioether (sulfide) groups is 1. The molecule has 0 bridgehead atoms. The average molecular weight is 426 g/mol. The summed E-state index contributed by atoms with van der Waals surface area (Å²) in [6.07, 6.45) is 0. The van der Waals surface area contributed by atoms with Crippen molar-refractivity contribution in [3.05, 3.63) is 65.2 Å². The Hall–Kier alpha value is -2.68. The van der Waals surface area contributed by atoms with Crippen molar-refractivity contribution in [2.45, 2.75) is 13.1 Å². The van der Waals surface area contributed by atoms with Gasteiger partial charge >= 0.3 is 0 Å². The first-order valence-electron chi connectivity index (χ1n) is 9.85. The van der Waals surface area contributed by atoms with Gasteiger partial charge in [0, 0.05) is 30.9 Å². The van der Waals surface area contributed by atoms with E-state index >= 15 is 0 Å². The van der Waals surface area contributed by atoms with Crippen LogP contribution in [0.1, 0.15) is 21.5 Å². The molecule has 3 amide bonds. The minimum atomic E-state index is -0.244. The first kappa shape index (κ1) is 20.6. The van der Waals surface area contributed by atoms with Gasteiger partial charge in [-0.2, -0.15) is 0 Å². The van der Waals surface area contributed by atoms with Gasteiger partial charge in [0.25, 0.3) is 11.1 Å². The van der Waals surface area contributed by atoms with E-state index in [-0.39, 0.29) is 29.4 Å². The van der Waals surface area contributed by atoms with E-state index in [9.17, 15) is 14.4 Å². The van der Waals surface area contributed by atoms with Crippen molar-refractivity contribution >= 4 is 34.5 Å². The second-order valence-electron chi connectivity index (χ2n) is 7.28. The zero-order valence-electron chi connectivity index (χ0n) is 16.5. The highest BCUT2D eigenvalue weighted by Crippen LogP contribution is 2.22. The number of carbonyl (C=O) groups excluding carboxylic acids is 3. The van der Waals surface area contributed by atoms with E-state index in [1.165, 1.54) is 4.90 Å². The van der Waals surface area contributed by atoms with Crippen molar-refractivity contribution in [1.29, 1.82) is 0 Å². The van der Waals surface area contributed by atoms with Crippen molar-refractivity contribution < 1.29 is 19.1 Å². The first-order valence-corrected chi connectivity index (χ1v) is 10.8. The number of carbonyl (C=O) groups is 3. The number of imide groups is 1. The second kappa shape index (κ2) is 9.42. The van der Waals surface area contributed by atoms with E-state index in [1.54, 1.807) is 18.2 Å². The predicted octanol–water partition coefficient (Wildman–Crippen LogP) is 2.97. The lowest BCUT2D eigenvalue weighted by Gasteiger charge is -2.26. The van der Waals surface area contributed by atoms with Crippen molar-refractivity contribution in [2.75, 3.05) is 37.4 Å². The molecule has 1 N–H and O–H groups in total. The number of morpholine rings is 1. The van der Waals surface area contributed by atoms with Crippen LogP contribution in [0.25, 0.3) is 0 Å². The molecule has 30 heavy (non-hydrogen) atoms. The molecular formula is C22H23N3O4S. The van der Waals surface area contributed by atoms with E-state index in [4.69, 9.17) is 4.74 Å². The Morgan fingerprint density at radius 3 is 2.47 bits per heavy atom. The minimum absolute atomic E-state index is 0.180. The zero-order chi connectivity index (χ0) is 20.9. The quantitative estimate of drug-likeness (QED) is 0.767. The van der Waals surface area contributed by atoms with Gasteiger partial charge in [0.15, 0.2) is 0 Å². The topological polar surface area (TPSA) is 79.0 Å². The fourth-order valence-electron chi connectivity index (χ4n) is 3.50. The molecule has 156 valence electrons. The summed E-state index contributed by atoms with van der Waals surface area (Å²) in [4.78, 5) is 39.9. The fraction of sp³-hybridized carbons (Fsp3) is 0.318. The van der Waals surface area contributed by atoms with Gasteiger partial charge in [-0.1, -0.05) is 36.0 Å². The van der Waals surface area contributed by atoms with Crippen LogP contribution >= 0.6 is 11.8 Å². The number of rotatable bonds is 6. The van der Waals surface area contributed by atoms with Crippen LogP contribution in [0.4, 0.5) is 10.5 Å². The lowest BCUT2D eigenvalue weighted by Crippen LogP contribution is -2.35. The molecule has 7 nitrogen and oxygen atoms in total. The SMILES string of the molecule is O=C(Nc1cccc(CN2CCOCC2)c1)c1cccc(CN2C(=O)CSC2=O)c1. The molecule has 2 aromatic rings. The van der Waals surface area contributed by atoms with E-state index in [2.05, 4.69) is 10.2 Å². The third-order valence-electron chi connectivity index (χ3n) is 5.07. The predicted molar refractivity (Wildman–Crippen MR) is 115 cm³/mol. The van der Waals surface area contributed by atoms with Gasteiger partial charge in [-0.05, 0) is 35.4 Å². The van der Waals surface area contributed by atoms with Crippen LogP contribution in [0.15, 0.2) is 48.5 Å². The number of nitrogens with one attached hydrogen (secondary N) is 1. The van der Waals surface area contributed by atoms with Gasteiger partial charge in [-0.3, -0.25) is 24.2 Å². The van der Waals surface area contributed by atoms with Crippen LogP contribution in [0, 0.1) is 0 Å². The number of nitrogens with zero attached hydrogens (tertiary/aromatic N) is 2. The molecule has 8 heteroatoms. The van der Waals surface area contributed by atoms with Crippen molar-refractivity contribution in [3.63, 3.8) is 0 Å². The summed E-state index contributed by atoms with van der Waals surface area (Å²) in [5.41, 5.74) is 3.09. The van der Waals surface area contributed by atoms with Crippen molar-refractivity contribution in [3.8, 4) is 0 Å². The van der Waals surface area contributed by atoms with E-state index in [0.717, 1.165) is 61.4 Å². The molecule has 2 aromatic carbocycles. The smallest absolute Gasteiger partial charge is 0.289 e. The van der Waals surface area contributed by atoms with Gasteiger partial charge in [0.2, 0.25) is 5.91 Å². The number of benzene rings is 2. The van der Waals surface area contributed by atoms with Crippen LogP contribution in [0.5, 0.6) is 0 Å². The molecule has 0 saturated carbocycles. The van der Waals surface area contributed by atoms with Gasteiger partial charge < -0.3 is 10.1 Å². The van der Waals surface area contributed by atoms with Crippen molar-refractivity contribution in [2.24, 2.45) is 0 Å². The standard InChI is InChI=1S/C22H23N3O4S/c26-20-15-30-22(28)25(20)14-16-3-1-5-18(11-16)21(27)23-19-6-2-4-17(12-19)13-24-7-9-29-10-8-24/h1-6,11-12H,7-10,13-15H2,(H,23,27). The molecule has 2 fully saturated rings. The summed E-state index contributed by atoms with van der Waals surface area (Å²) in [5.74, 6) is -0.245. The minimum Gasteiger partial charge on any atom is -0.379 e. The Morgan fingerprint density at radius 1 is 1.00 bits per heavy atom.